The number of benzene rings is 2. The number of carbonyl (C=O) groups is 1. The molecule has 0 fully saturated rings. The van der Waals surface area contributed by atoms with Gasteiger partial charge in [-0.25, -0.2) is 0 Å². The lowest BCUT2D eigenvalue weighted by Gasteiger charge is -2.19. The number of hydrogen-bond donors (Lipinski definition) is 2. The summed E-state index contributed by atoms with van der Waals surface area (Å²) in [5, 5.41) is 11.9. The molecule has 5 heteroatoms. The van der Waals surface area contributed by atoms with E-state index in [1.54, 1.807) is 18.2 Å². The average Bonchev–Trinajstić information content (AvgIpc) is 3.16. The van der Waals surface area contributed by atoms with Crippen LogP contribution in [0.2, 0.25) is 0 Å². The lowest BCUT2D eigenvalue weighted by Crippen LogP contribution is -2.20. The number of carbonyl (C=O) groups excluding carboxylic acids is 1. The molecule has 0 bridgehead atoms. The van der Waals surface area contributed by atoms with Crippen molar-refractivity contribution in [1.82, 2.24) is 0 Å². The fourth-order valence-electron chi connectivity index (χ4n) is 2.77. The maximum Gasteiger partial charge on any atom is 0.262 e. The number of furan rings is 1. The van der Waals surface area contributed by atoms with E-state index in [1.165, 1.54) is 5.56 Å². The first-order chi connectivity index (χ1) is 13.3. The van der Waals surface area contributed by atoms with Crippen LogP contribution in [-0.4, -0.2) is 17.6 Å². The second-order valence-electron chi connectivity index (χ2n) is 7.62. The van der Waals surface area contributed by atoms with Gasteiger partial charge in [0.15, 0.2) is 6.61 Å². The highest BCUT2D eigenvalue weighted by Gasteiger charge is 2.13. The summed E-state index contributed by atoms with van der Waals surface area (Å²) in [6.07, 6.45) is 0. The normalized spacial score (nSPS) is 11.3. The van der Waals surface area contributed by atoms with Gasteiger partial charge in [0.25, 0.3) is 5.91 Å². The second kappa shape index (κ2) is 8.31. The van der Waals surface area contributed by atoms with Crippen LogP contribution in [-0.2, 0) is 16.8 Å². The molecule has 0 aliphatic carbocycles. The molecule has 0 saturated carbocycles. The van der Waals surface area contributed by atoms with Crippen LogP contribution in [0.5, 0.6) is 5.75 Å². The predicted octanol–water partition coefficient (Wildman–Crippen LogP) is 4.75. The zero-order valence-electron chi connectivity index (χ0n) is 16.4. The summed E-state index contributed by atoms with van der Waals surface area (Å²) in [7, 11) is 0. The molecule has 0 atom stereocenters. The van der Waals surface area contributed by atoms with Crippen LogP contribution >= 0.6 is 0 Å². The molecule has 0 aliphatic heterocycles. The topological polar surface area (TPSA) is 71.7 Å². The van der Waals surface area contributed by atoms with Gasteiger partial charge in [-0.15, -0.1) is 0 Å². The minimum Gasteiger partial charge on any atom is -0.484 e. The third kappa shape index (κ3) is 5.02. The first kappa shape index (κ1) is 19.7. The van der Waals surface area contributed by atoms with Crippen molar-refractivity contribution in [3.05, 3.63) is 72.0 Å². The summed E-state index contributed by atoms with van der Waals surface area (Å²) < 4.78 is 11.1. The van der Waals surface area contributed by atoms with Crippen molar-refractivity contribution in [2.45, 2.75) is 32.8 Å². The largest absolute Gasteiger partial charge is 0.484 e. The lowest BCUT2D eigenvalue weighted by atomic mass is 9.87. The van der Waals surface area contributed by atoms with Gasteiger partial charge in [0.05, 0.1) is 0 Å². The Bertz CT molecular complexity index is 936. The van der Waals surface area contributed by atoms with Crippen LogP contribution < -0.4 is 10.1 Å². The van der Waals surface area contributed by atoms with Crippen molar-refractivity contribution in [1.29, 1.82) is 0 Å². The van der Waals surface area contributed by atoms with Crippen molar-refractivity contribution in [2.24, 2.45) is 0 Å². The number of amides is 1. The van der Waals surface area contributed by atoms with Crippen LogP contribution in [0.4, 0.5) is 5.69 Å². The third-order valence-corrected chi connectivity index (χ3v) is 4.34. The van der Waals surface area contributed by atoms with Crippen molar-refractivity contribution >= 4 is 11.6 Å². The van der Waals surface area contributed by atoms with E-state index in [1.807, 2.05) is 42.5 Å². The summed E-state index contributed by atoms with van der Waals surface area (Å²) in [5.41, 5.74) is 2.75. The molecule has 0 radical (unpaired) electrons. The number of hydrogen-bond acceptors (Lipinski definition) is 4. The van der Waals surface area contributed by atoms with Gasteiger partial charge < -0.3 is 19.6 Å². The summed E-state index contributed by atoms with van der Waals surface area (Å²) in [5.74, 6) is 1.54. The van der Waals surface area contributed by atoms with Crippen LogP contribution in [0.3, 0.4) is 0 Å². The van der Waals surface area contributed by atoms with Crippen molar-refractivity contribution < 1.29 is 19.1 Å². The zero-order chi connectivity index (χ0) is 20.1. The first-order valence-electron chi connectivity index (χ1n) is 9.18. The highest BCUT2D eigenvalue weighted by atomic mass is 16.5. The van der Waals surface area contributed by atoms with E-state index in [-0.39, 0.29) is 24.5 Å². The SMILES string of the molecule is CC(C)(C)c1ccc(OCC(=O)Nc2cccc(-c3ccc(CO)o3)c2)cc1. The average molecular weight is 379 g/mol. The van der Waals surface area contributed by atoms with Crippen LogP contribution in [0.25, 0.3) is 11.3 Å². The molecule has 2 N–H and O–H groups in total. The maximum absolute atomic E-state index is 12.2. The number of anilines is 1. The van der Waals surface area contributed by atoms with Crippen LogP contribution in [0.15, 0.2) is 65.1 Å². The number of ether oxygens (including phenoxy) is 1. The van der Waals surface area contributed by atoms with Gasteiger partial charge in [0.1, 0.15) is 23.9 Å². The predicted molar refractivity (Wildman–Crippen MR) is 109 cm³/mol. The molecule has 3 aromatic rings. The van der Waals surface area contributed by atoms with Gasteiger partial charge in [-0.05, 0) is 47.4 Å². The Hall–Kier alpha value is -3.05. The molecule has 1 heterocycles. The van der Waals surface area contributed by atoms with E-state index >= 15 is 0 Å². The molecule has 0 unspecified atom stereocenters. The number of nitrogens with one attached hydrogen (secondary N) is 1. The maximum atomic E-state index is 12.2. The van der Waals surface area contributed by atoms with Crippen molar-refractivity contribution in [3.8, 4) is 17.1 Å². The van der Waals surface area contributed by atoms with E-state index in [2.05, 4.69) is 26.1 Å². The van der Waals surface area contributed by atoms with E-state index in [9.17, 15) is 4.79 Å². The quantitative estimate of drug-likeness (QED) is 0.648. The molecule has 28 heavy (non-hydrogen) atoms. The molecule has 5 nitrogen and oxygen atoms in total. The van der Waals surface area contributed by atoms with Crippen LogP contribution in [0, 0.1) is 0 Å². The molecule has 0 aliphatic rings. The molecule has 1 aromatic heterocycles. The summed E-state index contributed by atoms with van der Waals surface area (Å²) >= 11 is 0. The Balaban J connectivity index is 1.58. The Morgan fingerprint density at radius 1 is 1.07 bits per heavy atom. The fourth-order valence-corrected chi connectivity index (χ4v) is 2.77. The van der Waals surface area contributed by atoms with Gasteiger partial charge in [-0.3, -0.25) is 4.79 Å². The Morgan fingerprint density at radius 2 is 1.82 bits per heavy atom. The van der Waals surface area contributed by atoms with Gasteiger partial charge in [0.2, 0.25) is 0 Å². The molecule has 0 saturated heterocycles. The highest BCUT2D eigenvalue weighted by Crippen LogP contribution is 2.26. The summed E-state index contributed by atoms with van der Waals surface area (Å²) in [4.78, 5) is 12.2. The van der Waals surface area contributed by atoms with Crippen LogP contribution in [0.1, 0.15) is 32.1 Å². The lowest BCUT2D eigenvalue weighted by molar-refractivity contribution is -0.118. The van der Waals surface area contributed by atoms with Crippen molar-refractivity contribution in [2.75, 3.05) is 11.9 Å². The van der Waals surface area contributed by atoms with E-state index in [0.29, 0.717) is 23.0 Å². The molecule has 2 aromatic carbocycles. The molecule has 0 spiro atoms. The number of rotatable bonds is 6. The minimum absolute atomic E-state index is 0.0749. The molecule has 1 amide bonds. The molecule has 146 valence electrons. The standard InChI is InChI=1S/C23H25NO4/c1-23(2,3)17-7-9-19(10-8-17)27-15-22(26)24-18-6-4-5-16(13-18)21-12-11-20(14-25)28-21/h4-13,25H,14-15H2,1-3H3,(H,24,26). The molecular formula is C23H25NO4. The Labute approximate surface area is 165 Å². The highest BCUT2D eigenvalue weighted by molar-refractivity contribution is 5.92. The Morgan fingerprint density at radius 3 is 2.46 bits per heavy atom. The number of aliphatic hydroxyl groups excluding tert-OH is 1. The van der Waals surface area contributed by atoms with Gasteiger partial charge in [0, 0.05) is 11.3 Å². The third-order valence-electron chi connectivity index (χ3n) is 4.34. The second-order valence-corrected chi connectivity index (χ2v) is 7.62. The first-order valence-corrected chi connectivity index (χ1v) is 9.18. The summed E-state index contributed by atoms with van der Waals surface area (Å²) in [6.45, 7) is 6.23. The van der Waals surface area contributed by atoms with E-state index < -0.39 is 0 Å². The smallest absolute Gasteiger partial charge is 0.262 e. The van der Waals surface area contributed by atoms with Crippen molar-refractivity contribution in [3.63, 3.8) is 0 Å². The van der Waals surface area contributed by atoms with E-state index in [4.69, 9.17) is 14.3 Å². The molecular weight excluding hydrogens is 354 g/mol. The zero-order valence-corrected chi connectivity index (χ0v) is 16.4. The molecule has 3 rings (SSSR count). The summed E-state index contributed by atoms with van der Waals surface area (Å²) in [6, 6.07) is 18.6. The van der Waals surface area contributed by atoms with E-state index in [0.717, 1.165) is 5.56 Å². The monoisotopic (exact) mass is 379 g/mol. The van der Waals surface area contributed by atoms with Gasteiger partial charge in [-0.2, -0.15) is 0 Å². The fraction of sp³-hybridized carbons (Fsp3) is 0.261. The number of aliphatic hydroxyl groups is 1. The Kier molecular flexibility index (Phi) is 5.85. The van der Waals surface area contributed by atoms with Gasteiger partial charge in [-0.1, -0.05) is 45.0 Å². The minimum atomic E-state index is -0.243. The van der Waals surface area contributed by atoms with Gasteiger partial charge >= 0.3 is 0 Å².